The maximum Gasteiger partial charge on any atom is 0.214 e. The third-order valence-electron chi connectivity index (χ3n) is 2.42. The van der Waals surface area contributed by atoms with E-state index in [9.17, 15) is 8.42 Å². The first kappa shape index (κ1) is 14.4. The number of aromatic nitrogens is 1. The minimum absolute atomic E-state index is 0.154. The molecule has 4 nitrogen and oxygen atoms in total. The Balaban J connectivity index is 2.54. The molecule has 0 aromatic carbocycles. The van der Waals surface area contributed by atoms with Gasteiger partial charge in [0.2, 0.25) is 10.0 Å². The molecule has 0 aliphatic heterocycles. The van der Waals surface area contributed by atoms with Crippen molar-refractivity contribution in [2.24, 2.45) is 0 Å². The van der Waals surface area contributed by atoms with E-state index in [2.05, 4.69) is 4.98 Å². The van der Waals surface area contributed by atoms with E-state index in [0.29, 0.717) is 18.8 Å². The van der Waals surface area contributed by atoms with E-state index in [1.54, 1.807) is 19.4 Å². The predicted molar refractivity (Wildman–Crippen MR) is 69.4 cm³/mol. The second kappa shape index (κ2) is 6.93. The van der Waals surface area contributed by atoms with Crippen molar-refractivity contribution in [1.29, 1.82) is 0 Å². The average Bonchev–Trinajstić information content (AvgIpc) is 2.30. The second-order valence-electron chi connectivity index (χ2n) is 3.82. The Kier molecular flexibility index (Phi) is 5.88. The highest BCUT2D eigenvalue weighted by Gasteiger charge is 2.17. The van der Waals surface area contributed by atoms with Crippen molar-refractivity contribution >= 4 is 21.6 Å². The smallest absolute Gasteiger partial charge is 0.214 e. The summed E-state index contributed by atoms with van der Waals surface area (Å²) in [5.41, 5.74) is 0.934. The Labute approximate surface area is 108 Å². The molecule has 0 saturated carbocycles. The first-order valence-electron chi connectivity index (χ1n) is 5.45. The number of nitrogens with zero attached hydrogens (tertiary/aromatic N) is 2. The molecule has 0 radical (unpaired) electrons. The fourth-order valence-electron chi connectivity index (χ4n) is 1.38. The van der Waals surface area contributed by atoms with Crippen molar-refractivity contribution in [3.63, 3.8) is 0 Å². The van der Waals surface area contributed by atoms with Gasteiger partial charge in [-0.2, -0.15) is 0 Å². The normalized spacial score (nSPS) is 11.9. The summed E-state index contributed by atoms with van der Waals surface area (Å²) in [6.45, 7) is 0.381. The van der Waals surface area contributed by atoms with E-state index < -0.39 is 10.0 Å². The monoisotopic (exact) mass is 276 g/mol. The Bertz CT molecular complexity index is 422. The van der Waals surface area contributed by atoms with Crippen molar-refractivity contribution in [3.05, 3.63) is 30.1 Å². The molecule has 6 heteroatoms. The van der Waals surface area contributed by atoms with Gasteiger partial charge in [0.15, 0.2) is 0 Å². The van der Waals surface area contributed by atoms with Crippen LogP contribution in [-0.4, -0.2) is 36.4 Å². The highest BCUT2D eigenvalue weighted by atomic mass is 35.5. The van der Waals surface area contributed by atoms with Crippen LogP contribution in [0.2, 0.25) is 0 Å². The lowest BCUT2D eigenvalue weighted by Gasteiger charge is -2.16. The lowest BCUT2D eigenvalue weighted by atomic mass is 10.3. The van der Waals surface area contributed by atoms with Crippen molar-refractivity contribution in [2.75, 3.05) is 18.7 Å². The molecule has 0 aliphatic rings. The fraction of sp³-hybridized carbons (Fsp3) is 0.545. The van der Waals surface area contributed by atoms with Gasteiger partial charge in [-0.25, -0.2) is 12.7 Å². The van der Waals surface area contributed by atoms with Gasteiger partial charge in [-0.05, 0) is 30.5 Å². The molecule has 17 heavy (non-hydrogen) atoms. The molecule has 0 bridgehead atoms. The molecule has 1 heterocycles. The zero-order valence-electron chi connectivity index (χ0n) is 9.84. The van der Waals surface area contributed by atoms with E-state index in [1.165, 1.54) is 4.31 Å². The molecule has 0 fully saturated rings. The maximum absolute atomic E-state index is 11.9. The van der Waals surface area contributed by atoms with Gasteiger partial charge >= 0.3 is 0 Å². The van der Waals surface area contributed by atoms with Gasteiger partial charge in [-0.1, -0.05) is 0 Å². The van der Waals surface area contributed by atoms with Crippen molar-refractivity contribution < 1.29 is 8.42 Å². The Morgan fingerprint density at radius 2 is 1.94 bits per heavy atom. The Morgan fingerprint density at radius 3 is 2.53 bits per heavy atom. The summed E-state index contributed by atoms with van der Waals surface area (Å²) < 4.78 is 25.1. The van der Waals surface area contributed by atoms with Gasteiger partial charge in [0.05, 0.1) is 5.75 Å². The number of rotatable bonds is 7. The molecule has 1 rings (SSSR count). The van der Waals surface area contributed by atoms with E-state index in [4.69, 9.17) is 11.6 Å². The SMILES string of the molecule is CN(Cc1ccncc1)S(=O)(=O)CCCCCl. The van der Waals surface area contributed by atoms with Crippen LogP contribution in [-0.2, 0) is 16.6 Å². The van der Waals surface area contributed by atoms with Gasteiger partial charge in [0.25, 0.3) is 0 Å². The summed E-state index contributed by atoms with van der Waals surface area (Å²) >= 11 is 5.52. The van der Waals surface area contributed by atoms with E-state index >= 15 is 0 Å². The molecule has 0 N–H and O–H groups in total. The van der Waals surface area contributed by atoms with Crippen molar-refractivity contribution in [1.82, 2.24) is 9.29 Å². The fourth-order valence-corrected chi connectivity index (χ4v) is 2.79. The highest BCUT2D eigenvalue weighted by Crippen LogP contribution is 2.08. The maximum atomic E-state index is 11.9. The van der Waals surface area contributed by atoms with E-state index in [-0.39, 0.29) is 5.75 Å². The van der Waals surface area contributed by atoms with Crippen LogP contribution >= 0.6 is 11.6 Å². The van der Waals surface area contributed by atoms with Crippen LogP contribution in [0.25, 0.3) is 0 Å². The molecule has 0 amide bonds. The van der Waals surface area contributed by atoms with Crippen LogP contribution in [0, 0.1) is 0 Å². The van der Waals surface area contributed by atoms with Gasteiger partial charge in [0, 0.05) is 31.9 Å². The quantitative estimate of drug-likeness (QED) is 0.564. The lowest BCUT2D eigenvalue weighted by molar-refractivity contribution is 0.465. The third-order valence-corrected chi connectivity index (χ3v) is 4.57. The van der Waals surface area contributed by atoms with Crippen molar-refractivity contribution in [2.45, 2.75) is 19.4 Å². The van der Waals surface area contributed by atoms with Crippen LogP contribution in [0.3, 0.4) is 0 Å². The number of pyridine rings is 1. The Morgan fingerprint density at radius 1 is 1.29 bits per heavy atom. The summed E-state index contributed by atoms with van der Waals surface area (Å²) in [5.74, 6) is 0.658. The van der Waals surface area contributed by atoms with Gasteiger partial charge in [-0.15, -0.1) is 11.6 Å². The number of sulfonamides is 1. The molecular formula is C11H17ClN2O2S. The van der Waals surface area contributed by atoms with Gasteiger partial charge in [0.1, 0.15) is 0 Å². The molecule has 0 spiro atoms. The number of unbranched alkanes of at least 4 members (excludes halogenated alkanes) is 1. The van der Waals surface area contributed by atoms with Crippen LogP contribution < -0.4 is 0 Å². The van der Waals surface area contributed by atoms with Crippen LogP contribution in [0.4, 0.5) is 0 Å². The minimum atomic E-state index is -3.18. The number of alkyl halides is 1. The minimum Gasteiger partial charge on any atom is -0.265 e. The standard InChI is InChI=1S/C11H17ClN2O2S/c1-14(10-11-4-7-13-8-5-11)17(15,16)9-3-2-6-12/h4-5,7-8H,2-3,6,9-10H2,1H3. The molecule has 0 saturated heterocycles. The van der Waals surface area contributed by atoms with E-state index in [0.717, 1.165) is 12.0 Å². The molecule has 96 valence electrons. The molecule has 0 atom stereocenters. The largest absolute Gasteiger partial charge is 0.265 e. The third kappa shape index (κ3) is 5.02. The van der Waals surface area contributed by atoms with Crippen LogP contribution in [0.1, 0.15) is 18.4 Å². The lowest BCUT2D eigenvalue weighted by Crippen LogP contribution is -2.28. The van der Waals surface area contributed by atoms with Gasteiger partial charge < -0.3 is 0 Å². The van der Waals surface area contributed by atoms with Crippen LogP contribution in [0.5, 0.6) is 0 Å². The van der Waals surface area contributed by atoms with Crippen molar-refractivity contribution in [3.8, 4) is 0 Å². The number of halogens is 1. The summed E-state index contributed by atoms with van der Waals surface area (Å²) in [5, 5.41) is 0. The molecule has 1 aromatic heterocycles. The average molecular weight is 277 g/mol. The van der Waals surface area contributed by atoms with Gasteiger partial charge in [-0.3, -0.25) is 4.98 Å². The highest BCUT2D eigenvalue weighted by molar-refractivity contribution is 7.89. The zero-order valence-corrected chi connectivity index (χ0v) is 11.4. The summed E-state index contributed by atoms with van der Waals surface area (Å²) in [4.78, 5) is 3.89. The molecule has 0 unspecified atom stereocenters. The summed E-state index contributed by atoms with van der Waals surface area (Å²) in [7, 11) is -1.58. The first-order chi connectivity index (χ1) is 8.06. The molecule has 1 aromatic rings. The second-order valence-corrected chi connectivity index (χ2v) is 6.40. The van der Waals surface area contributed by atoms with Crippen LogP contribution in [0.15, 0.2) is 24.5 Å². The van der Waals surface area contributed by atoms with E-state index in [1.807, 2.05) is 12.1 Å². The summed E-state index contributed by atoms with van der Waals surface area (Å²) in [6.07, 6.45) is 4.64. The zero-order chi connectivity index (χ0) is 12.7. The molecule has 0 aliphatic carbocycles. The summed E-state index contributed by atoms with van der Waals surface area (Å²) in [6, 6.07) is 3.62. The number of hydrogen-bond donors (Lipinski definition) is 0. The first-order valence-corrected chi connectivity index (χ1v) is 7.59. The predicted octanol–water partition coefficient (Wildman–Crippen LogP) is 1.86. The Hall–Kier alpha value is -0.650. The molecular weight excluding hydrogens is 260 g/mol. The topological polar surface area (TPSA) is 50.3 Å². The number of hydrogen-bond acceptors (Lipinski definition) is 3.